The summed E-state index contributed by atoms with van der Waals surface area (Å²) in [7, 11) is 0. The number of hydrazone groups is 1. The molecule has 0 aliphatic rings. The van der Waals surface area contributed by atoms with Gasteiger partial charge in [0.05, 0.1) is 0 Å². The van der Waals surface area contributed by atoms with Crippen LogP contribution in [0.5, 0.6) is 0 Å². The summed E-state index contributed by atoms with van der Waals surface area (Å²) in [6.07, 6.45) is 0. The van der Waals surface area contributed by atoms with Crippen LogP contribution in [-0.4, -0.2) is 10.8 Å². The van der Waals surface area contributed by atoms with Crippen LogP contribution in [0, 0.1) is 13.8 Å². The summed E-state index contributed by atoms with van der Waals surface area (Å²) in [4.78, 5) is 0. The molecule has 0 radical (unpaired) electrons. The van der Waals surface area contributed by atoms with E-state index in [0.717, 1.165) is 28.5 Å². The van der Waals surface area contributed by atoms with Crippen LogP contribution in [0.4, 0.5) is 5.69 Å². The predicted octanol–water partition coefficient (Wildman–Crippen LogP) is 3.61. The van der Waals surface area contributed by atoms with Crippen molar-refractivity contribution in [2.75, 3.05) is 5.32 Å². The van der Waals surface area contributed by atoms with Gasteiger partial charge in [-0.05, 0) is 56.8 Å². The summed E-state index contributed by atoms with van der Waals surface area (Å²) >= 11 is 5.21. The molecule has 0 amide bonds. The van der Waals surface area contributed by atoms with Crippen molar-refractivity contribution in [3.63, 3.8) is 0 Å². The molecular weight excluding hydrogens is 270 g/mol. The molecule has 0 aliphatic heterocycles. The van der Waals surface area contributed by atoms with Gasteiger partial charge in [0, 0.05) is 5.69 Å². The molecule has 5 heteroatoms. The monoisotopic (exact) mass is 287 g/mol. The lowest BCUT2D eigenvalue weighted by Gasteiger charge is -2.09. The Morgan fingerprint density at radius 1 is 1.15 bits per heavy atom. The first-order valence-electron chi connectivity index (χ1n) is 6.30. The molecular formula is C15H17N3OS. The van der Waals surface area contributed by atoms with Crippen LogP contribution in [0.3, 0.4) is 0 Å². The Balaban J connectivity index is 1.97. The molecule has 1 heterocycles. The number of nitrogens with zero attached hydrogens (tertiary/aromatic N) is 1. The first kappa shape index (κ1) is 14.3. The molecule has 0 unspecified atom stereocenters. The van der Waals surface area contributed by atoms with Crippen LogP contribution in [-0.2, 0) is 0 Å². The molecule has 1 aromatic heterocycles. The van der Waals surface area contributed by atoms with Crippen molar-refractivity contribution in [1.82, 2.24) is 5.43 Å². The molecule has 0 aliphatic carbocycles. The fourth-order valence-electron chi connectivity index (χ4n) is 1.68. The number of thiocarbonyl (C=S) groups is 1. The van der Waals surface area contributed by atoms with Crippen molar-refractivity contribution in [2.24, 2.45) is 5.10 Å². The molecule has 2 aromatic rings. The Morgan fingerprint density at radius 3 is 2.55 bits per heavy atom. The van der Waals surface area contributed by atoms with Gasteiger partial charge in [0.15, 0.2) is 5.11 Å². The lowest BCUT2D eigenvalue weighted by molar-refractivity contribution is 0.525. The predicted molar refractivity (Wildman–Crippen MR) is 86.2 cm³/mol. The van der Waals surface area contributed by atoms with Crippen molar-refractivity contribution < 1.29 is 4.42 Å². The van der Waals surface area contributed by atoms with E-state index in [2.05, 4.69) is 15.8 Å². The number of furan rings is 1. The highest BCUT2D eigenvalue weighted by Gasteiger charge is 2.03. The second kappa shape index (κ2) is 6.34. The van der Waals surface area contributed by atoms with Gasteiger partial charge in [0.25, 0.3) is 0 Å². The number of anilines is 1. The SMILES string of the molecule is C/C(=N/NC(=S)Nc1ccccc1C)c1ccc(C)o1. The van der Waals surface area contributed by atoms with Crippen molar-refractivity contribution in [3.05, 3.63) is 53.5 Å². The number of para-hydroxylation sites is 1. The molecule has 0 bridgehead atoms. The van der Waals surface area contributed by atoms with E-state index in [4.69, 9.17) is 16.6 Å². The first-order chi connectivity index (χ1) is 9.56. The van der Waals surface area contributed by atoms with E-state index in [-0.39, 0.29) is 0 Å². The molecule has 0 atom stereocenters. The van der Waals surface area contributed by atoms with Crippen LogP contribution < -0.4 is 10.7 Å². The highest BCUT2D eigenvalue weighted by molar-refractivity contribution is 7.80. The third-order valence-electron chi connectivity index (χ3n) is 2.82. The maximum Gasteiger partial charge on any atom is 0.191 e. The minimum absolute atomic E-state index is 0.446. The quantitative estimate of drug-likeness (QED) is 0.514. The van der Waals surface area contributed by atoms with Gasteiger partial charge in [-0.1, -0.05) is 18.2 Å². The van der Waals surface area contributed by atoms with E-state index in [1.165, 1.54) is 0 Å². The summed E-state index contributed by atoms with van der Waals surface area (Å²) in [6.45, 7) is 5.78. The van der Waals surface area contributed by atoms with Gasteiger partial charge in [-0.2, -0.15) is 5.10 Å². The van der Waals surface area contributed by atoms with E-state index < -0.39 is 0 Å². The van der Waals surface area contributed by atoms with Crippen molar-refractivity contribution in [2.45, 2.75) is 20.8 Å². The molecule has 104 valence electrons. The van der Waals surface area contributed by atoms with Crippen LogP contribution in [0.15, 0.2) is 45.9 Å². The summed E-state index contributed by atoms with van der Waals surface area (Å²) in [5.41, 5.74) is 5.65. The molecule has 20 heavy (non-hydrogen) atoms. The number of benzene rings is 1. The van der Waals surface area contributed by atoms with Gasteiger partial charge in [0.1, 0.15) is 17.2 Å². The average Bonchev–Trinajstić information content (AvgIpc) is 2.85. The van der Waals surface area contributed by atoms with Gasteiger partial charge >= 0.3 is 0 Å². The van der Waals surface area contributed by atoms with Crippen molar-refractivity contribution in [1.29, 1.82) is 0 Å². The van der Waals surface area contributed by atoms with Gasteiger partial charge in [-0.25, -0.2) is 0 Å². The highest BCUT2D eigenvalue weighted by atomic mass is 32.1. The minimum Gasteiger partial charge on any atom is -0.460 e. The highest BCUT2D eigenvalue weighted by Crippen LogP contribution is 2.12. The van der Waals surface area contributed by atoms with Crippen LogP contribution in [0.2, 0.25) is 0 Å². The average molecular weight is 287 g/mol. The number of nitrogens with one attached hydrogen (secondary N) is 2. The molecule has 1 aromatic carbocycles. The molecule has 0 saturated heterocycles. The van der Waals surface area contributed by atoms with Gasteiger partial charge in [-0.15, -0.1) is 0 Å². The van der Waals surface area contributed by atoms with Crippen molar-refractivity contribution in [3.8, 4) is 0 Å². The second-order valence-electron chi connectivity index (χ2n) is 4.49. The maximum atomic E-state index is 5.48. The summed E-state index contributed by atoms with van der Waals surface area (Å²) in [5, 5.41) is 7.75. The number of rotatable bonds is 3. The molecule has 2 N–H and O–H groups in total. The number of hydrogen-bond donors (Lipinski definition) is 2. The van der Waals surface area contributed by atoms with E-state index >= 15 is 0 Å². The Labute approximate surface area is 123 Å². The first-order valence-corrected chi connectivity index (χ1v) is 6.71. The van der Waals surface area contributed by atoms with E-state index in [1.807, 2.05) is 57.2 Å². The third-order valence-corrected chi connectivity index (χ3v) is 3.01. The van der Waals surface area contributed by atoms with Crippen LogP contribution in [0.1, 0.15) is 24.0 Å². The standard InChI is InChI=1S/C15H17N3OS/c1-10-6-4-5-7-13(10)16-15(20)18-17-12(3)14-9-8-11(2)19-14/h4-9H,1-3H3,(H2,16,18,20)/b17-12-. The maximum absolute atomic E-state index is 5.48. The molecule has 0 saturated carbocycles. The second-order valence-corrected chi connectivity index (χ2v) is 4.90. The van der Waals surface area contributed by atoms with E-state index in [9.17, 15) is 0 Å². The minimum atomic E-state index is 0.446. The lowest BCUT2D eigenvalue weighted by Crippen LogP contribution is -2.25. The summed E-state index contributed by atoms with van der Waals surface area (Å²) in [6, 6.07) is 11.7. The Morgan fingerprint density at radius 2 is 1.90 bits per heavy atom. The third kappa shape index (κ3) is 3.68. The smallest absolute Gasteiger partial charge is 0.191 e. The summed E-state index contributed by atoms with van der Waals surface area (Å²) < 4.78 is 5.48. The van der Waals surface area contributed by atoms with Gasteiger partial charge in [-0.3, -0.25) is 5.43 Å². The van der Waals surface area contributed by atoms with E-state index in [0.29, 0.717) is 5.11 Å². The van der Waals surface area contributed by atoms with E-state index in [1.54, 1.807) is 0 Å². The van der Waals surface area contributed by atoms with Crippen LogP contribution >= 0.6 is 12.2 Å². The Hall–Kier alpha value is -2.14. The zero-order chi connectivity index (χ0) is 14.5. The molecule has 2 rings (SSSR count). The molecule has 4 nitrogen and oxygen atoms in total. The largest absolute Gasteiger partial charge is 0.460 e. The fraction of sp³-hybridized carbons (Fsp3) is 0.200. The Bertz CT molecular complexity index is 646. The normalized spacial score (nSPS) is 11.2. The van der Waals surface area contributed by atoms with Crippen LogP contribution in [0.25, 0.3) is 0 Å². The summed E-state index contributed by atoms with van der Waals surface area (Å²) in [5.74, 6) is 1.59. The number of aryl methyl sites for hydroxylation is 2. The topological polar surface area (TPSA) is 49.6 Å². The van der Waals surface area contributed by atoms with Gasteiger partial charge < -0.3 is 9.73 Å². The number of hydrogen-bond acceptors (Lipinski definition) is 3. The van der Waals surface area contributed by atoms with Crippen molar-refractivity contribution >= 4 is 28.7 Å². The lowest BCUT2D eigenvalue weighted by atomic mass is 10.2. The molecule has 0 spiro atoms. The fourth-order valence-corrected chi connectivity index (χ4v) is 1.84. The molecule has 0 fully saturated rings. The van der Waals surface area contributed by atoms with Gasteiger partial charge in [0.2, 0.25) is 0 Å². The zero-order valence-electron chi connectivity index (χ0n) is 11.7. The zero-order valence-corrected chi connectivity index (χ0v) is 12.5. The Kier molecular flexibility index (Phi) is 4.53.